The minimum absolute atomic E-state index is 0.0625. The van der Waals surface area contributed by atoms with Gasteiger partial charge in [0.1, 0.15) is 11.4 Å². The maximum absolute atomic E-state index is 12.3. The van der Waals surface area contributed by atoms with Gasteiger partial charge >= 0.3 is 0 Å². The molecule has 2 aromatic heterocycles. The van der Waals surface area contributed by atoms with Gasteiger partial charge in [-0.15, -0.1) is 0 Å². The number of aromatic amines is 1. The number of nitrogens with zero attached hydrogens (tertiary/aromatic N) is 2. The first-order chi connectivity index (χ1) is 13.2. The molecule has 1 aliphatic rings. The Labute approximate surface area is 157 Å². The van der Waals surface area contributed by atoms with Gasteiger partial charge in [-0.1, -0.05) is 0 Å². The highest BCUT2D eigenvalue weighted by atomic mass is 16.5. The van der Waals surface area contributed by atoms with Gasteiger partial charge in [0.05, 0.1) is 11.8 Å². The Hall–Kier alpha value is -2.99. The van der Waals surface area contributed by atoms with Gasteiger partial charge in [0.15, 0.2) is 0 Å². The van der Waals surface area contributed by atoms with Crippen molar-refractivity contribution in [2.45, 2.75) is 37.7 Å². The number of carbonyl (C=O) groups is 1. The zero-order valence-corrected chi connectivity index (χ0v) is 14.8. The summed E-state index contributed by atoms with van der Waals surface area (Å²) in [6, 6.07) is 10.6. The van der Waals surface area contributed by atoms with Gasteiger partial charge in [0.25, 0.3) is 0 Å². The molecule has 3 aromatic rings. The Morgan fingerprint density at radius 2 is 1.78 bits per heavy atom. The standard InChI is InChI=1S/C21H21N3O3/c25-16-7-3-14(4-8-16)19-21(24-13-12-23-19)27-17-9-5-15(6-10-17)20(26)18-2-1-11-22-18/h1-2,5-6,9-14,16,22,25H,3-4,7-8H2/t14-,16+. The van der Waals surface area contributed by atoms with Crippen LogP contribution in [0, 0.1) is 0 Å². The molecule has 0 amide bonds. The van der Waals surface area contributed by atoms with E-state index in [1.807, 2.05) is 0 Å². The van der Waals surface area contributed by atoms with Crippen LogP contribution in [0.4, 0.5) is 0 Å². The average molecular weight is 363 g/mol. The number of carbonyl (C=O) groups excluding carboxylic acids is 1. The van der Waals surface area contributed by atoms with Crippen LogP contribution >= 0.6 is 0 Å². The third-order valence-corrected chi connectivity index (χ3v) is 4.95. The number of nitrogens with one attached hydrogen (secondary N) is 1. The van der Waals surface area contributed by atoms with Crippen molar-refractivity contribution in [2.24, 2.45) is 0 Å². The molecule has 27 heavy (non-hydrogen) atoms. The predicted octanol–water partition coefficient (Wildman–Crippen LogP) is 3.85. The summed E-state index contributed by atoms with van der Waals surface area (Å²) in [5.41, 5.74) is 1.97. The van der Waals surface area contributed by atoms with Gasteiger partial charge in [0, 0.05) is 30.1 Å². The zero-order valence-electron chi connectivity index (χ0n) is 14.8. The van der Waals surface area contributed by atoms with Crippen molar-refractivity contribution in [1.82, 2.24) is 15.0 Å². The van der Waals surface area contributed by atoms with Gasteiger partial charge in [-0.25, -0.2) is 4.98 Å². The summed E-state index contributed by atoms with van der Waals surface area (Å²) in [6.07, 6.45) is 8.09. The quantitative estimate of drug-likeness (QED) is 0.672. The van der Waals surface area contributed by atoms with E-state index in [-0.39, 0.29) is 17.8 Å². The topological polar surface area (TPSA) is 88.1 Å². The van der Waals surface area contributed by atoms with Crippen LogP contribution in [0.25, 0.3) is 0 Å². The number of aliphatic hydroxyl groups excluding tert-OH is 1. The summed E-state index contributed by atoms with van der Waals surface area (Å²) in [6.45, 7) is 0. The molecule has 138 valence electrons. The van der Waals surface area contributed by atoms with Crippen molar-refractivity contribution in [1.29, 1.82) is 0 Å². The van der Waals surface area contributed by atoms with E-state index in [4.69, 9.17) is 4.74 Å². The van der Waals surface area contributed by atoms with Gasteiger partial charge < -0.3 is 14.8 Å². The minimum Gasteiger partial charge on any atom is -0.437 e. The smallest absolute Gasteiger partial charge is 0.241 e. The van der Waals surface area contributed by atoms with E-state index in [0.717, 1.165) is 31.4 Å². The number of ether oxygens (including phenoxy) is 1. The third kappa shape index (κ3) is 3.90. The van der Waals surface area contributed by atoms with Crippen molar-refractivity contribution >= 4 is 5.78 Å². The normalized spacial score (nSPS) is 19.6. The molecule has 6 nitrogen and oxygen atoms in total. The first kappa shape index (κ1) is 17.4. The molecular formula is C21H21N3O3. The molecule has 1 aliphatic carbocycles. The highest BCUT2D eigenvalue weighted by Crippen LogP contribution is 2.36. The van der Waals surface area contributed by atoms with Crippen LogP contribution in [0.3, 0.4) is 0 Å². The largest absolute Gasteiger partial charge is 0.437 e. The van der Waals surface area contributed by atoms with Crippen LogP contribution in [0.5, 0.6) is 11.6 Å². The number of benzene rings is 1. The number of ketones is 1. The fourth-order valence-electron chi connectivity index (χ4n) is 3.46. The van der Waals surface area contributed by atoms with E-state index in [1.54, 1.807) is 55.0 Å². The summed E-state index contributed by atoms with van der Waals surface area (Å²) in [7, 11) is 0. The average Bonchev–Trinajstić information content (AvgIpc) is 3.24. The van der Waals surface area contributed by atoms with E-state index in [9.17, 15) is 9.90 Å². The van der Waals surface area contributed by atoms with Crippen LogP contribution in [0.15, 0.2) is 55.0 Å². The summed E-state index contributed by atoms with van der Waals surface area (Å²) in [4.78, 5) is 24.1. The molecule has 0 atom stereocenters. The van der Waals surface area contributed by atoms with Gasteiger partial charge in [-0.3, -0.25) is 9.78 Å². The highest BCUT2D eigenvalue weighted by molar-refractivity contribution is 6.07. The lowest BCUT2D eigenvalue weighted by molar-refractivity contribution is 0.103. The summed E-state index contributed by atoms with van der Waals surface area (Å²) >= 11 is 0. The van der Waals surface area contributed by atoms with Crippen molar-refractivity contribution in [3.05, 3.63) is 71.9 Å². The molecule has 1 fully saturated rings. The Morgan fingerprint density at radius 1 is 1.04 bits per heavy atom. The van der Waals surface area contributed by atoms with Gasteiger partial charge in [-0.05, 0) is 62.1 Å². The fraction of sp³-hybridized carbons (Fsp3) is 0.286. The molecule has 1 aromatic carbocycles. The Balaban J connectivity index is 1.50. The molecule has 4 rings (SSSR count). The van der Waals surface area contributed by atoms with E-state index in [0.29, 0.717) is 22.9 Å². The molecule has 0 saturated heterocycles. The monoisotopic (exact) mass is 363 g/mol. The first-order valence-corrected chi connectivity index (χ1v) is 9.15. The van der Waals surface area contributed by atoms with E-state index in [1.165, 1.54) is 0 Å². The summed E-state index contributed by atoms with van der Waals surface area (Å²) in [5, 5.41) is 9.72. The second-order valence-electron chi connectivity index (χ2n) is 6.79. The van der Waals surface area contributed by atoms with Crippen molar-refractivity contribution in [3.8, 4) is 11.6 Å². The number of hydrogen-bond acceptors (Lipinski definition) is 5. The SMILES string of the molecule is O=C(c1ccc(Oc2nccnc2[C@H]2CC[C@@H](O)CC2)cc1)c1ccc[nH]1. The molecule has 0 unspecified atom stereocenters. The maximum Gasteiger partial charge on any atom is 0.241 e. The lowest BCUT2D eigenvalue weighted by Gasteiger charge is -2.25. The number of H-pyrrole nitrogens is 1. The molecule has 6 heteroatoms. The third-order valence-electron chi connectivity index (χ3n) is 4.95. The second kappa shape index (κ2) is 7.72. The Bertz CT molecular complexity index is 899. The van der Waals surface area contributed by atoms with Crippen molar-refractivity contribution in [3.63, 3.8) is 0 Å². The van der Waals surface area contributed by atoms with Crippen LogP contribution in [-0.4, -0.2) is 31.9 Å². The molecule has 0 radical (unpaired) electrons. The Morgan fingerprint density at radius 3 is 2.48 bits per heavy atom. The number of aliphatic hydroxyl groups is 1. The minimum atomic E-state index is -0.216. The van der Waals surface area contributed by atoms with Crippen molar-refractivity contribution < 1.29 is 14.6 Å². The van der Waals surface area contributed by atoms with Crippen molar-refractivity contribution in [2.75, 3.05) is 0 Å². The van der Waals surface area contributed by atoms with Crippen LogP contribution in [0.2, 0.25) is 0 Å². The van der Waals surface area contributed by atoms with E-state index >= 15 is 0 Å². The van der Waals surface area contributed by atoms with Gasteiger partial charge in [-0.2, -0.15) is 0 Å². The number of rotatable bonds is 5. The Kier molecular flexibility index (Phi) is 4.98. The number of aromatic nitrogens is 3. The lowest BCUT2D eigenvalue weighted by atomic mass is 9.85. The van der Waals surface area contributed by atoms with Gasteiger partial charge in [0.2, 0.25) is 11.7 Å². The lowest BCUT2D eigenvalue weighted by Crippen LogP contribution is -2.18. The van der Waals surface area contributed by atoms with E-state index in [2.05, 4.69) is 15.0 Å². The maximum atomic E-state index is 12.3. The number of hydrogen-bond donors (Lipinski definition) is 2. The van der Waals surface area contributed by atoms with Crippen LogP contribution < -0.4 is 4.74 Å². The molecule has 0 bridgehead atoms. The molecular weight excluding hydrogens is 342 g/mol. The highest BCUT2D eigenvalue weighted by Gasteiger charge is 2.25. The zero-order chi connectivity index (χ0) is 18.6. The predicted molar refractivity (Wildman–Crippen MR) is 100.0 cm³/mol. The first-order valence-electron chi connectivity index (χ1n) is 9.15. The fourth-order valence-corrected chi connectivity index (χ4v) is 3.46. The molecule has 0 aliphatic heterocycles. The molecule has 1 saturated carbocycles. The summed E-state index contributed by atoms with van der Waals surface area (Å²) in [5.74, 6) is 1.27. The molecule has 0 spiro atoms. The summed E-state index contributed by atoms with van der Waals surface area (Å²) < 4.78 is 5.96. The molecule has 2 N–H and O–H groups in total. The second-order valence-corrected chi connectivity index (χ2v) is 6.79. The van der Waals surface area contributed by atoms with E-state index < -0.39 is 0 Å². The molecule has 2 heterocycles. The van der Waals surface area contributed by atoms with Crippen LogP contribution in [0.1, 0.15) is 53.3 Å². The van der Waals surface area contributed by atoms with Crippen LogP contribution in [-0.2, 0) is 0 Å².